The Kier molecular flexibility index (Phi) is 16.2. The van der Waals surface area contributed by atoms with Gasteiger partial charge in [-0.2, -0.15) is 0 Å². The molecule has 1 radical (unpaired) electrons. The second kappa shape index (κ2) is 23.9. The summed E-state index contributed by atoms with van der Waals surface area (Å²) in [6.07, 6.45) is 3.70. The number of phenols is 2. The van der Waals surface area contributed by atoms with Crippen molar-refractivity contribution < 1.29 is 37.2 Å². The summed E-state index contributed by atoms with van der Waals surface area (Å²) in [5.74, 6) is -0.530. The second-order valence-corrected chi connectivity index (χ2v) is 20.8. The number of carboxylic acid groups (broad SMARTS) is 1. The van der Waals surface area contributed by atoms with Crippen LogP contribution in [-0.2, 0) is 21.9 Å². The summed E-state index contributed by atoms with van der Waals surface area (Å²) in [7, 11) is 0. The molecule has 0 fully saturated rings. The summed E-state index contributed by atoms with van der Waals surface area (Å²) < 4.78 is 0. The number of phenolic OH excluding ortho intramolecular Hbond substituents is 2. The van der Waals surface area contributed by atoms with Gasteiger partial charge in [0.05, 0.1) is 0 Å². The van der Waals surface area contributed by atoms with Gasteiger partial charge in [0, 0.05) is 69.8 Å². The summed E-state index contributed by atoms with van der Waals surface area (Å²) in [5.41, 5.74) is 15.2. The Labute approximate surface area is 483 Å². The third-order valence-corrected chi connectivity index (χ3v) is 14.8. The van der Waals surface area contributed by atoms with Gasteiger partial charge in [-0.25, -0.2) is 0 Å². The Morgan fingerprint density at radius 1 is 0.383 bits per heavy atom. The average Bonchev–Trinajstić information content (AvgIpc) is 3.56. The predicted octanol–water partition coefficient (Wildman–Crippen LogP) is 18.7. The van der Waals surface area contributed by atoms with E-state index < -0.39 is 18.1 Å². The Balaban J connectivity index is 0.00000143. The zero-order valence-corrected chi connectivity index (χ0v) is 47.0. The van der Waals surface area contributed by atoms with E-state index in [-0.39, 0.29) is 28.6 Å². The summed E-state index contributed by atoms with van der Waals surface area (Å²) in [6, 6.07) is 79.0. The monoisotopic (exact) mass is 1100 g/mol. The van der Waals surface area contributed by atoms with Crippen molar-refractivity contribution in [2.75, 3.05) is 0 Å². The van der Waals surface area contributed by atoms with E-state index in [1.165, 1.54) is 0 Å². The SMILES string of the molecule is CC(=O)O.Cc1cc(C)cc([C@@H](N=Cc2cc3ccccc3c(-c3c(-c4ccccc4)ccc4ccccc34)c2O)[C@H](N=Cc2cc3ccccc3c(-c3c(-c4ccccc4)ccc4ccccc34)c2O)c2cc(C)cc(C)c2)c1.[Mn]. The number of rotatable bonds is 11. The number of hydrogen-bond acceptors (Lipinski definition) is 5. The van der Waals surface area contributed by atoms with Crippen LogP contribution in [0.4, 0.5) is 0 Å². The molecule has 0 amide bonds. The van der Waals surface area contributed by atoms with Gasteiger partial charge in [0.1, 0.15) is 23.6 Å². The maximum absolute atomic E-state index is 13.0. The van der Waals surface area contributed by atoms with Gasteiger partial charge in [-0.3, -0.25) is 14.8 Å². The van der Waals surface area contributed by atoms with Gasteiger partial charge in [-0.05, 0) is 116 Å². The molecular formula is C74H60MnN2O4. The summed E-state index contributed by atoms with van der Waals surface area (Å²) in [6.45, 7) is 9.56. The molecule has 0 unspecified atom stereocenters. The molecule has 0 aliphatic carbocycles. The van der Waals surface area contributed by atoms with Crippen molar-refractivity contribution in [1.29, 1.82) is 0 Å². The molecule has 0 aliphatic rings. The zero-order valence-electron chi connectivity index (χ0n) is 45.8. The molecule has 6 nitrogen and oxygen atoms in total. The van der Waals surface area contributed by atoms with E-state index in [4.69, 9.17) is 19.9 Å². The second-order valence-electron chi connectivity index (χ2n) is 20.8. The van der Waals surface area contributed by atoms with E-state index in [2.05, 4.69) is 210 Å². The van der Waals surface area contributed by atoms with E-state index in [9.17, 15) is 10.2 Å². The van der Waals surface area contributed by atoms with Crippen LogP contribution < -0.4 is 0 Å². The minimum Gasteiger partial charge on any atom is -0.507 e. The number of aliphatic imine (C=N–C) groups is 2. The van der Waals surface area contributed by atoms with Gasteiger partial charge < -0.3 is 15.3 Å². The van der Waals surface area contributed by atoms with Crippen LogP contribution in [0.15, 0.2) is 241 Å². The number of aryl methyl sites for hydroxylation is 4. The number of carbonyl (C=O) groups is 1. The first-order valence-corrected chi connectivity index (χ1v) is 27.0. The van der Waals surface area contributed by atoms with Gasteiger partial charge in [-0.1, -0.05) is 241 Å². The Morgan fingerprint density at radius 3 is 1.02 bits per heavy atom. The smallest absolute Gasteiger partial charge is 0.300 e. The number of carboxylic acids is 1. The number of aromatic hydroxyl groups is 2. The zero-order chi connectivity index (χ0) is 55.4. The number of hydrogen-bond donors (Lipinski definition) is 3. The minimum atomic E-state index is -0.833. The van der Waals surface area contributed by atoms with Gasteiger partial charge >= 0.3 is 0 Å². The Morgan fingerprint density at radius 2 is 0.679 bits per heavy atom. The van der Waals surface area contributed by atoms with Crippen LogP contribution in [0, 0.1) is 27.7 Å². The fourth-order valence-electron chi connectivity index (χ4n) is 11.6. The molecule has 0 aliphatic heterocycles. The quantitative estimate of drug-likeness (QED) is 0.0887. The van der Waals surface area contributed by atoms with Gasteiger partial charge in [-0.15, -0.1) is 0 Å². The summed E-state index contributed by atoms with van der Waals surface area (Å²) in [5, 5.41) is 41.5. The number of fused-ring (bicyclic) bond motifs is 4. The Bertz CT molecular complexity index is 4060. The van der Waals surface area contributed by atoms with Gasteiger partial charge in [0.2, 0.25) is 0 Å². The molecule has 12 aromatic carbocycles. The molecule has 81 heavy (non-hydrogen) atoms. The average molecular weight is 1100 g/mol. The van der Waals surface area contributed by atoms with E-state index >= 15 is 0 Å². The molecule has 0 saturated carbocycles. The molecule has 2 atom stereocenters. The number of nitrogens with zero attached hydrogens (tertiary/aromatic N) is 2. The molecule has 0 saturated heterocycles. The van der Waals surface area contributed by atoms with E-state index in [0.29, 0.717) is 11.1 Å². The van der Waals surface area contributed by atoms with Crippen molar-refractivity contribution in [2.24, 2.45) is 9.98 Å². The maximum atomic E-state index is 13.0. The van der Waals surface area contributed by atoms with Crippen molar-refractivity contribution in [3.63, 3.8) is 0 Å². The summed E-state index contributed by atoms with van der Waals surface area (Å²) in [4.78, 5) is 20.2. The molecule has 0 bridgehead atoms. The van der Waals surface area contributed by atoms with Crippen LogP contribution in [0.1, 0.15) is 63.5 Å². The number of benzene rings is 12. The van der Waals surface area contributed by atoms with E-state index in [1.807, 2.05) is 61.0 Å². The number of aliphatic carboxylic acids is 1. The first-order valence-electron chi connectivity index (χ1n) is 27.0. The van der Waals surface area contributed by atoms with Crippen LogP contribution in [-0.4, -0.2) is 33.7 Å². The van der Waals surface area contributed by atoms with Crippen LogP contribution in [0.5, 0.6) is 11.5 Å². The van der Waals surface area contributed by atoms with E-state index in [0.717, 1.165) is 128 Å². The van der Waals surface area contributed by atoms with E-state index in [1.54, 1.807) is 0 Å². The fourth-order valence-corrected chi connectivity index (χ4v) is 11.6. The summed E-state index contributed by atoms with van der Waals surface area (Å²) >= 11 is 0. The van der Waals surface area contributed by atoms with Crippen LogP contribution in [0.25, 0.3) is 87.6 Å². The van der Waals surface area contributed by atoms with Gasteiger partial charge in [0.25, 0.3) is 5.97 Å². The van der Waals surface area contributed by atoms with Crippen LogP contribution in [0.2, 0.25) is 0 Å². The molecule has 12 rings (SSSR count). The van der Waals surface area contributed by atoms with Gasteiger partial charge in [0.15, 0.2) is 0 Å². The standard InChI is InChI=1S/C72H56N2O2.C2H4O2.Mn/c1-45-35-46(2)38-55(37-45)69(73-43-57-41-53-25-13-17-29-61(53)67(71(57)75)65-59-27-15-11-23-51(59)31-33-63(65)49-19-7-5-8-20-49)70(56-39-47(3)36-48(4)40-56)74-44-58-42-54-26-14-18-30-62(54)68(72(58)76)66-60-28-16-12-24-52(60)32-34-64(66)50-21-9-6-10-22-50;1-2(3)4;/h5-44,69-70,75-76H,1-4H3;1H3,(H,3,4);/t69-,70-;;/m1../s1. The molecule has 0 heterocycles. The third-order valence-electron chi connectivity index (χ3n) is 14.8. The third kappa shape index (κ3) is 11.4. The van der Waals surface area contributed by atoms with Crippen molar-refractivity contribution in [1.82, 2.24) is 0 Å². The largest absolute Gasteiger partial charge is 0.507 e. The Hall–Kier alpha value is -9.39. The molecule has 0 aromatic heterocycles. The van der Waals surface area contributed by atoms with Crippen molar-refractivity contribution >= 4 is 61.5 Å². The molecular weight excluding hydrogens is 1040 g/mol. The van der Waals surface area contributed by atoms with Crippen molar-refractivity contribution in [3.8, 4) is 56.0 Å². The molecule has 3 N–H and O–H groups in total. The maximum Gasteiger partial charge on any atom is 0.300 e. The first-order chi connectivity index (χ1) is 38.9. The molecule has 7 heteroatoms. The van der Waals surface area contributed by atoms with Crippen molar-refractivity contribution in [3.05, 3.63) is 275 Å². The van der Waals surface area contributed by atoms with Crippen molar-refractivity contribution in [2.45, 2.75) is 46.7 Å². The van der Waals surface area contributed by atoms with Crippen LogP contribution >= 0.6 is 0 Å². The molecule has 0 spiro atoms. The normalized spacial score (nSPS) is 12.2. The fraction of sp³-hybridized carbons (Fsp3) is 0.0946. The molecule has 397 valence electrons. The van der Waals surface area contributed by atoms with Crippen LogP contribution in [0.3, 0.4) is 0 Å². The predicted molar refractivity (Wildman–Crippen MR) is 334 cm³/mol. The topological polar surface area (TPSA) is 102 Å². The minimum absolute atomic E-state index is 0. The first kappa shape index (κ1) is 54.9. The molecule has 12 aromatic rings.